The fraction of sp³-hybridized carbons (Fsp3) is 0.105. The van der Waals surface area contributed by atoms with Gasteiger partial charge >= 0.3 is 0 Å². The van der Waals surface area contributed by atoms with Gasteiger partial charge in [-0.25, -0.2) is 13.8 Å². The predicted molar refractivity (Wildman–Crippen MR) is 95.1 cm³/mol. The van der Waals surface area contributed by atoms with Gasteiger partial charge in [0.1, 0.15) is 5.82 Å². The molecule has 5 nitrogen and oxygen atoms in total. The molecule has 8 heteroatoms. The number of anilines is 2. The summed E-state index contributed by atoms with van der Waals surface area (Å²) in [6, 6.07) is 11.2. The Hall–Kier alpha value is -3.42. The third-order valence-electron chi connectivity index (χ3n) is 3.71. The minimum absolute atomic E-state index is 0.0503. The van der Waals surface area contributed by atoms with Crippen LogP contribution in [0, 0.1) is 5.95 Å². The van der Waals surface area contributed by atoms with Gasteiger partial charge in [0.05, 0.1) is 5.56 Å². The van der Waals surface area contributed by atoms with Crippen LogP contribution in [0.4, 0.5) is 24.7 Å². The summed E-state index contributed by atoms with van der Waals surface area (Å²) in [5, 5.41) is 5.43. The standard InChI is InChI=1S/C19H15F3N4O/c20-16-5-4-15(18(26-16)24-11-12-6-8-23-9-7-12)19(27)25-14-3-1-2-13(10-14)17(21)22/h1-10,17H,11H2,(H,24,26)(H,25,27). The molecule has 0 aliphatic carbocycles. The van der Waals surface area contributed by atoms with E-state index >= 15 is 0 Å². The van der Waals surface area contributed by atoms with E-state index in [1.807, 2.05) is 0 Å². The zero-order valence-corrected chi connectivity index (χ0v) is 14.0. The first-order valence-corrected chi connectivity index (χ1v) is 8.02. The number of carbonyl (C=O) groups is 1. The van der Waals surface area contributed by atoms with Crippen LogP contribution < -0.4 is 10.6 Å². The third kappa shape index (κ3) is 4.81. The molecule has 3 aromatic rings. The molecule has 0 fully saturated rings. The molecule has 0 aliphatic heterocycles. The second-order valence-corrected chi connectivity index (χ2v) is 5.62. The number of nitrogens with zero attached hydrogens (tertiary/aromatic N) is 2. The number of halogens is 3. The second-order valence-electron chi connectivity index (χ2n) is 5.62. The van der Waals surface area contributed by atoms with Gasteiger partial charge in [-0.05, 0) is 42.0 Å². The molecule has 1 amide bonds. The lowest BCUT2D eigenvalue weighted by molar-refractivity contribution is 0.102. The van der Waals surface area contributed by atoms with Gasteiger partial charge in [0.25, 0.3) is 12.3 Å². The van der Waals surface area contributed by atoms with Gasteiger partial charge < -0.3 is 10.6 Å². The molecule has 2 aromatic heterocycles. The van der Waals surface area contributed by atoms with E-state index in [1.165, 1.54) is 30.3 Å². The van der Waals surface area contributed by atoms with Gasteiger partial charge in [-0.2, -0.15) is 4.39 Å². The smallest absolute Gasteiger partial charge is 0.263 e. The Morgan fingerprint density at radius 1 is 1.07 bits per heavy atom. The van der Waals surface area contributed by atoms with Crippen LogP contribution in [0.1, 0.15) is 27.9 Å². The van der Waals surface area contributed by atoms with E-state index in [1.54, 1.807) is 24.5 Å². The van der Waals surface area contributed by atoms with Gasteiger partial charge in [-0.15, -0.1) is 0 Å². The lowest BCUT2D eigenvalue weighted by Gasteiger charge is -2.12. The van der Waals surface area contributed by atoms with Crippen molar-refractivity contribution in [3.63, 3.8) is 0 Å². The number of aromatic nitrogens is 2. The number of rotatable bonds is 6. The summed E-state index contributed by atoms with van der Waals surface area (Å²) in [4.78, 5) is 20.2. The Kier molecular flexibility index (Phi) is 5.65. The van der Waals surface area contributed by atoms with Crippen molar-refractivity contribution in [1.82, 2.24) is 9.97 Å². The summed E-state index contributed by atoms with van der Waals surface area (Å²) in [5.41, 5.74) is 0.961. The maximum absolute atomic E-state index is 13.5. The lowest BCUT2D eigenvalue weighted by Crippen LogP contribution is -2.16. The second kappa shape index (κ2) is 8.31. The average molecular weight is 372 g/mol. The summed E-state index contributed by atoms with van der Waals surface area (Å²) in [6.07, 6.45) is 0.575. The highest BCUT2D eigenvalue weighted by atomic mass is 19.3. The number of pyridine rings is 2. The molecule has 2 heterocycles. The monoisotopic (exact) mass is 372 g/mol. The maximum Gasteiger partial charge on any atom is 0.263 e. The molecule has 0 unspecified atom stereocenters. The molecule has 0 atom stereocenters. The number of amides is 1. The van der Waals surface area contributed by atoms with Gasteiger partial charge in [0, 0.05) is 30.2 Å². The topological polar surface area (TPSA) is 66.9 Å². The Labute approximate surface area is 153 Å². The van der Waals surface area contributed by atoms with Gasteiger partial charge in [-0.3, -0.25) is 9.78 Å². The van der Waals surface area contributed by atoms with E-state index in [-0.39, 0.29) is 22.6 Å². The number of nitrogens with one attached hydrogen (secondary N) is 2. The number of benzene rings is 1. The molecule has 27 heavy (non-hydrogen) atoms. The van der Waals surface area contributed by atoms with E-state index in [0.29, 0.717) is 6.54 Å². The number of carbonyl (C=O) groups excluding carboxylic acids is 1. The van der Waals surface area contributed by atoms with E-state index in [0.717, 1.165) is 11.6 Å². The molecule has 2 N–H and O–H groups in total. The fourth-order valence-corrected chi connectivity index (χ4v) is 2.39. The normalized spacial score (nSPS) is 10.7. The van der Waals surface area contributed by atoms with Crippen molar-refractivity contribution in [3.8, 4) is 0 Å². The van der Waals surface area contributed by atoms with E-state index in [4.69, 9.17) is 0 Å². The SMILES string of the molecule is O=C(Nc1cccc(C(F)F)c1)c1ccc(F)nc1NCc1ccncc1. The molecule has 1 aromatic carbocycles. The highest BCUT2D eigenvalue weighted by Gasteiger charge is 2.15. The minimum Gasteiger partial charge on any atom is -0.365 e. The van der Waals surface area contributed by atoms with Crippen molar-refractivity contribution >= 4 is 17.4 Å². The van der Waals surface area contributed by atoms with Crippen LogP contribution in [0.15, 0.2) is 60.9 Å². The highest BCUT2D eigenvalue weighted by Crippen LogP contribution is 2.23. The molecule has 0 saturated heterocycles. The Bertz CT molecular complexity index is 935. The Morgan fingerprint density at radius 2 is 1.85 bits per heavy atom. The van der Waals surface area contributed by atoms with Crippen molar-refractivity contribution in [3.05, 3.63) is 83.6 Å². The number of hydrogen-bond acceptors (Lipinski definition) is 4. The average Bonchev–Trinajstić information content (AvgIpc) is 2.67. The summed E-state index contributed by atoms with van der Waals surface area (Å²) in [5.74, 6) is -1.29. The van der Waals surface area contributed by atoms with Crippen molar-refractivity contribution in [2.45, 2.75) is 13.0 Å². The highest BCUT2D eigenvalue weighted by molar-refractivity contribution is 6.07. The maximum atomic E-state index is 13.5. The molecule has 0 bridgehead atoms. The van der Waals surface area contributed by atoms with Gasteiger partial charge in [-0.1, -0.05) is 12.1 Å². The van der Waals surface area contributed by atoms with Crippen LogP contribution in [-0.2, 0) is 6.54 Å². The third-order valence-corrected chi connectivity index (χ3v) is 3.71. The molecule has 0 saturated carbocycles. The Balaban J connectivity index is 1.79. The van der Waals surface area contributed by atoms with Crippen molar-refractivity contribution in [2.75, 3.05) is 10.6 Å². The van der Waals surface area contributed by atoms with E-state index < -0.39 is 18.3 Å². The lowest BCUT2D eigenvalue weighted by atomic mass is 10.2. The van der Waals surface area contributed by atoms with Crippen LogP contribution >= 0.6 is 0 Å². The van der Waals surface area contributed by atoms with Gasteiger partial charge in [0.2, 0.25) is 5.95 Å². The summed E-state index contributed by atoms with van der Waals surface area (Å²) in [6.45, 7) is 0.306. The van der Waals surface area contributed by atoms with Crippen LogP contribution in [0.3, 0.4) is 0 Å². The first-order chi connectivity index (χ1) is 13.0. The van der Waals surface area contributed by atoms with Crippen LogP contribution in [0.2, 0.25) is 0 Å². The molecule has 0 spiro atoms. The number of alkyl halides is 2. The summed E-state index contributed by atoms with van der Waals surface area (Å²) < 4.78 is 39.1. The minimum atomic E-state index is -2.65. The Morgan fingerprint density at radius 3 is 2.59 bits per heavy atom. The molecular formula is C19H15F3N4O. The molecular weight excluding hydrogens is 357 g/mol. The van der Waals surface area contributed by atoms with E-state index in [9.17, 15) is 18.0 Å². The molecule has 0 radical (unpaired) electrons. The molecule has 0 aliphatic rings. The number of hydrogen-bond donors (Lipinski definition) is 2. The van der Waals surface area contributed by atoms with Crippen LogP contribution in [0.25, 0.3) is 0 Å². The summed E-state index contributed by atoms with van der Waals surface area (Å²) in [7, 11) is 0. The van der Waals surface area contributed by atoms with Crippen molar-refractivity contribution in [1.29, 1.82) is 0 Å². The summed E-state index contributed by atoms with van der Waals surface area (Å²) >= 11 is 0. The largest absolute Gasteiger partial charge is 0.365 e. The van der Waals surface area contributed by atoms with Crippen molar-refractivity contribution < 1.29 is 18.0 Å². The first-order valence-electron chi connectivity index (χ1n) is 8.02. The predicted octanol–water partition coefficient (Wildman–Crippen LogP) is 4.42. The zero-order valence-electron chi connectivity index (χ0n) is 14.0. The van der Waals surface area contributed by atoms with E-state index in [2.05, 4.69) is 20.6 Å². The van der Waals surface area contributed by atoms with Crippen molar-refractivity contribution in [2.24, 2.45) is 0 Å². The quantitative estimate of drug-likeness (QED) is 0.629. The van der Waals surface area contributed by atoms with Gasteiger partial charge in [0.15, 0.2) is 0 Å². The fourth-order valence-electron chi connectivity index (χ4n) is 2.39. The zero-order chi connectivity index (χ0) is 19.2. The van der Waals surface area contributed by atoms with Crippen LogP contribution in [0.5, 0.6) is 0 Å². The first kappa shape index (κ1) is 18.4. The van der Waals surface area contributed by atoms with Crippen LogP contribution in [-0.4, -0.2) is 15.9 Å². The molecule has 3 rings (SSSR count). The molecule has 138 valence electrons.